The third-order valence-corrected chi connectivity index (χ3v) is 3.20. The third-order valence-electron chi connectivity index (χ3n) is 2.15. The number of carbonyl (C=O) groups excluding carboxylic acids is 1. The van der Waals surface area contributed by atoms with Crippen molar-refractivity contribution in [3.8, 4) is 0 Å². The summed E-state index contributed by atoms with van der Waals surface area (Å²) in [7, 11) is 1.31. The molecule has 2 aromatic rings. The molecule has 0 atom stereocenters. The number of carbonyl (C=O) groups is 1. The number of methoxy groups -OCH3 is 1. The van der Waals surface area contributed by atoms with Gasteiger partial charge in [-0.1, -0.05) is 0 Å². The molecule has 7 nitrogen and oxygen atoms in total. The lowest BCUT2D eigenvalue weighted by Crippen LogP contribution is -2.08. The quantitative estimate of drug-likeness (QED) is 0.472. The molecule has 0 aliphatic carbocycles. The van der Waals surface area contributed by atoms with E-state index in [2.05, 4.69) is 10.2 Å². The topological polar surface area (TPSA) is 109 Å². The SMILES string of the molecule is COC(=O)c1cc(N)ccc1Sc1nncn1N. The smallest absolute Gasteiger partial charge is 0.339 e. The van der Waals surface area contributed by atoms with Crippen LogP contribution in [-0.2, 0) is 4.74 Å². The average molecular weight is 265 g/mol. The van der Waals surface area contributed by atoms with Gasteiger partial charge in [0.25, 0.3) is 0 Å². The molecule has 1 aromatic carbocycles. The lowest BCUT2D eigenvalue weighted by Gasteiger charge is -2.07. The van der Waals surface area contributed by atoms with Gasteiger partial charge in [-0.2, -0.15) is 0 Å². The number of benzene rings is 1. The number of hydrogen-bond donors (Lipinski definition) is 2. The summed E-state index contributed by atoms with van der Waals surface area (Å²) >= 11 is 1.21. The van der Waals surface area contributed by atoms with Crippen LogP contribution < -0.4 is 11.6 Å². The standard InChI is InChI=1S/C10H11N5O2S/c1-17-9(16)7-4-6(11)2-3-8(7)18-10-14-13-5-15(10)12/h2-5H,11-12H2,1H3. The molecule has 2 rings (SSSR count). The van der Waals surface area contributed by atoms with Crippen LogP contribution in [0.1, 0.15) is 10.4 Å². The number of nitrogen functional groups attached to an aromatic ring is 2. The Hall–Kier alpha value is -2.22. The Morgan fingerprint density at radius 3 is 2.89 bits per heavy atom. The molecule has 0 amide bonds. The van der Waals surface area contributed by atoms with Crippen molar-refractivity contribution < 1.29 is 9.53 Å². The molecule has 0 bridgehead atoms. The van der Waals surface area contributed by atoms with Crippen molar-refractivity contribution >= 4 is 23.4 Å². The van der Waals surface area contributed by atoms with Crippen LogP contribution in [-0.4, -0.2) is 28.0 Å². The molecule has 0 saturated heterocycles. The highest BCUT2D eigenvalue weighted by Crippen LogP contribution is 2.30. The number of anilines is 1. The summed E-state index contributed by atoms with van der Waals surface area (Å²) in [5, 5.41) is 7.95. The van der Waals surface area contributed by atoms with Gasteiger partial charge in [-0.3, -0.25) is 0 Å². The van der Waals surface area contributed by atoms with Crippen LogP contribution in [0.3, 0.4) is 0 Å². The average Bonchev–Trinajstić information content (AvgIpc) is 2.76. The molecule has 4 N–H and O–H groups in total. The minimum atomic E-state index is -0.465. The van der Waals surface area contributed by atoms with Crippen molar-refractivity contribution in [3.05, 3.63) is 30.1 Å². The number of esters is 1. The summed E-state index contributed by atoms with van der Waals surface area (Å²) in [4.78, 5) is 12.3. The Kier molecular flexibility index (Phi) is 3.38. The predicted octanol–water partition coefficient (Wildman–Crippen LogP) is 0.512. The van der Waals surface area contributed by atoms with Crippen LogP contribution in [0, 0.1) is 0 Å². The van der Waals surface area contributed by atoms with Crippen molar-refractivity contribution in [1.29, 1.82) is 0 Å². The summed E-state index contributed by atoms with van der Waals surface area (Å²) in [6.45, 7) is 0. The second kappa shape index (κ2) is 4.96. The van der Waals surface area contributed by atoms with Crippen LogP contribution in [0.5, 0.6) is 0 Å². The summed E-state index contributed by atoms with van der Waals surface area (Å²) in [6.07, 6.45) is 1.37. The lowest BCUT2D eigenvalue weighted by molar-refractivity contribution is 0.0597. The van der Waals surface area contributed by atoms with Gasteiger partial charge in [-0.15, -0.1) is 10.2 Å². The highest BCUT2D eigenvalue weighted by Gasteiger charge is 2.15. The first-order chi connectivity index (χ1) is 8.61. The predicted molar refractivity (Wildman–Crippen MR) is 66.5 cm³/mol. The first kappa shape index (κ1) is 12.2. The largest absolute Gasteiger partial charge is 0.465 e. The van der Waals surface area contributed by atoms with E-state index in [1.807, 2.05) is 0 Å². The normalized spacial score (nSPS) is 10.3. The van der Waals surface area contributed by atoms with Crippen molar-refractivity contribution in [2.45, 2.75) is 10.1 Å². The fourth-order valence-electron chi connectivity index (χ4n) is 1.31. The van der Waals surface area contributed by atoms with E-state index in [0.29, 0.717) is 21.3 Å². The van der Waals surface area contributed by atoms with E-state index < -0.39 is 5.97 Å². The monoisotopic (exact) mass is 265 g/mol. The molecule has 0 radical (unpaired) electrons. The summed E-state index contributed by atoms with van der Waals surface area (Å²) in [6, 6.07) is 4.94. The van der Waals surface area contributed by atoms with E-state index in [0.717, 1.165) is 0 Å². The van der Waals surface area contributed by atoms with Crippen molar-refractivity contribution in [1.82, 2.24) is 14.9 Å². The minimum absolute atomic E-state index is 0.366. The number of rotatable bonds is 3. The molecule has 0 aliphatic heterocycles. The molecular weight excluding hydrogens is 254 g/mol. The van der Waals surface area contributed by atoms with Gasteiger partial charge >= 0.3 is 5.97 Å². The van der Waals surface area contributed by atoms with Crippen LogP contribution in [0.2, 0.25) is 0 Å². The molecule has 0 saturated carbocycles. The molecule has 0 fully saturated rings. The fourth-order valence-corrected chi connectivity index (χ4v) is 2.13. The van der Waals surface area contributed by atoms with Crippen molar-refractivity contribution in [2.24, 2.45) is 0 Å². The maximum atomic E-state index is 11.6. The summed E-state index contributed by atoms with van der Waals surface area (Å²) < 4.78 is 5.97. The minimum Gasteiger partial charge on any atom is -0.465 e. The van der Waals surface area contributed by atoms with E-state index in [9.17, 15) is 4.79 Å². The van der Waals surface area contributed by atoms with Gasteiger partial charge in [-0.25, -0.2) is 9.47 Å². The number of ether oxygens (including phenoxy) is 1. The molecular formula is C10H11N5O2S. The zero-order valence-corrected chi connectivity index (χ0v) is 10.3. The van der Waals surface area contributed by atoms with Gasteiger partial charge in [-0.05, 0) is 30.0 Å². The van der Waals surface area contributed by atoms with Gasteiger partial charge in [0, 0.05) is 10.6 Å². The van der Waals surface area contributed by atoms with E-state index in [1.54, 1.807) is 18.2 Å². The first-order valence-electron chi connectivity index (χ1n) is 4.92. The highest BCUT2D eigenvalue weighted by molar-refractivity contribution is 7.99. The maximum Gasteiger partial charge on any atom is 0.339 e. The van der Waals surface area contributed by atoms with Crippen molar-refractivity contribution in [3.63, 3.8) is 0 Å². The summed E-state index contributed by atoms with van der Waals surface area (Å²) in [5.74, 6) is 5.14. The van der Waals surface area contributed by atoms with E-state index in [1.165, 1.54) is 29.9 Å². The number of hydrogen-bond acceptors (Lipinski definition) is 7. The molecule has 94 valence electrons. The van der Waals surface area contributed by atoms with Crippen LogP contribution in [0.15, 0.2) is 34.6 Å². The van der Waals surface area contributed by atoms with Crippen LogP contribution in [0.25, 0.3) is 0 Å². The maximum absolute atomic E-state index is 11.6. The molecule has 0 unspecified atom stereocenters. The molecule has 1 heterocycles. The lowest BCUT2D eigenvalue weighted by atomic mass is 10.2. The fraction of sp³-hybridized carbons (Fsp3) is 0.100. The molecule has 18 heavy (non-hydrogen) atoms. The Balaban J connectivity index is 2.38. The van der Waals surface area contributed by atoms with E-state index in [4.69, 9.17) is 16.3 Å². The van der Waals surface area contributed by atoms with Gasteiger partial charge in [0.05, 0.1) is 12.7 Å². The zero-order chi connectivity index (χ0) is 13.1. The zero-order valence-electron chi connectivity index (χ0n) is 9.53. The first-order valence-corrected chi connectivity index (χ1v) is 5.74. The molecule has 1 aromatic heterocycles. The number of aromatic nitrogens is 3. The number of nitrogens with zero attached hydrogens (tertiary/aromatic N) is 3. The van der Waals surface area contributed by atoms with Crippen LogP contribution >= 0.6 is 11.8 Å². The Labute approximate surface area is 107 Å². The molecule has 0 aliphatic rings. The summed E-state index contributed by atoms with van der Waals surface area (Å²) in [5.41, 5.74) is 6.50. The Morgan fingerprint density at radius 2 is 2.28 bits per heavy atom. The Bertz CT molecular complexity index is 583. The van der Waals surface area contributed by atoms with E-state index in [-0.39, 0.29) is 0 Å². The number of nitrogens with two attached hydrogens (primary N) is 2. The van der Waals surface area contributed by atoms with E-state index >= 15 is 0 Å². The third kappa shape index (κ3) is 2.38. The Morgan fingerprint density at radius 1 is 1.50 bits per heavy atom. The van der Waals surface area contributed by atoms with Crippen molar-refractivity contribution in [2.75, 3.05) is 18.7 Å². The van der Waals surface area contributed by atoms with Gasteiger partial charge in [0.1, 0.15) is 6.33 Å². The second-order valence-electron chi connectivity index (χ2n) is 3.37. The van der Waals surface area contributed by atoms with Gasteiger partial charge < -0.3 is 16.3 Å². The highest BCUT2D eigenvalue weighted by atomic mass is 32.2. The van der Waals surface area contributed by atoms with Gasteiger partial charge in [0.15, 0.2) is 0 Å². The molecule has 0 spiro atoms. The van der Waals surface area contributed by atoms with Gasteiger partial charge in [0.2, 0.25) is 5.16 Å². The molecule has 8 heteroatoms. The second-order valence-corrected chi connectivity index (χ2v) is 4.38. The van der Waals surface area contributed by atoms with Crippen LogP contribution in [0.4, 0.5) is 5.69 Å².